The van der Waals surface area contributed by atoms with E-state index in [0.29, 0.717) is 0 Å². The van der Waals surface area contributed by atoms with E-state index >= 15 is 0 Å². The van der Waals surface area contributed by atoms with Gasteiger partial charge in [-0.1, -0.05) is 45.4 Å². The Kier molecular flexibility index (Phi) is 6.26. The van der Waals surface area contributed by atoms with E-state index in [4.69, 9.17) is 4.74 Å². The monoisotopic (exact) mass is 183 g/mol. The van der Waals surface area contributed by atoms with Gasteiger partial charge in [0.15, 0.2) is 0 Å². The Morgan fingerprint density at radius 1 is 1.00 bits per heavy atom. The van der Waals surface area contributed by atoms with Crippen LogP contribution in [0.25, 0.3) is 0 Å². The van der Waals surface area contributed by atoms with Crippen LogP contribution in [0.3, 0.4) is 0 Å². The number of hydrogen-bond donors (Lipinski definition) is 0. The van der Waals surface area contributed by atoms with Crippen LogP contribution in [-0.4, -0.2) is 6.61 Å². The van der Waals surface area contributed by atoms with E-state index in [1.807, 2.05) is 0 Å². The molecule has 0 N–H and O–H groups in total. The lowest BCUT2D eigenvalue weighted by Gasteiger charge is -2.13. The van der Waals surface area contributed by atoms with E-state index < -0.39 is 0 Å². The molecule has 0 aromatic carbocycles. The van der Waals surface area contributed by atoms with Gasteiger partial charge in [0.2, 0.25) is 0 Å². The van der Waals surface area contributed by atoms with Crippen LogP contribution in [0.1, 0.15) is 64.7 Å². The van der Waals surface area contributed by atoms with E-state index in [2.05, 4.69) is 6.92 Å². The van der Waals surface area contributed by atoms with Crippen molar-refractivity contribution in [1.29, 1.82) is 0 Å². The van der Waals surface area contributed by atoms with Gasteiger partial charge in [-0.2, -0.15) is 0 Å². The Balaban J connectivity index is 1.98. The third kappa shape index (κ3) is 5.30. The molecule has 1 aliphatic rings. The lowest BCUT2D eigenvalue weighted by Crippen LogP contribution is -2.03. The fourth-order valence-corrected chi connectivity index (χ4v) is 1.84. The molecule has 0 amide bonds. The molecule has 0 aromatic heterocycles. The molecule has 1 radical (unpaired) electrons. The van der Waals surface area contributed by atoms with Crippen molar-refractivity contribution in [2.75, 3.05) is 6.61 Å². The molecule has 0 saturated heterocycles. The van der Waals surface area contributed by atoms with E-state index in [-0.39, 0.29) is 0 Å². The van der Waals surface area contributed by atoms with Crippen LogP contribution in [0.4, 0.5) is 0 Å². The lowest BCUT2D eigenvalue weighted by molar-refractivity contribution is 0.124. The van der Waals surface area contributed by atoms with Gasteiger partial charge >= 0.3 is 0 Å². The predicted molar refractivity (Wildman–Crippen MR) is 56.4 cm³/mol. The first-order chi connectivity index (χ1) is 6.43. The highest BCUT2D eigenvalue weighted by Crippen LogP contribution is 2.25. The first-order valence-electron chi connectivity index (χ1n) is 5.91. The number of rotatable bonds is 5. The Morgan fingerprint density at radius 2 is 1.69 bits per heavy atom. The Labute approximate surface area is 82.9 Å². The lowest BCUT2D eigenvalue weighted by atomic mass is 10.1. The average molecular weight is 183 g/mol. The second-order valence-electron chi connectivity index (χ2n) is 4.01. The summed E-state index contributed by atoms with van der Waals surface area (Å²) in [6, 6.07) is 0. The fourth-order valence-electron chi connectivity index (χ4n) is 1.84. The van der Waals surface area contributed by atoms with Crippen LogP contribution in [-0.2, 0) is 4.74 Å². The molecule has 0 heterocycles. The van der Waals surface area contributed by atoms with Gasteiger partial charge in [-0.05, 0) is 19.3 Å². The first-order valence-corrected chi connectivity index (χ1v) is 5.91. The molecule has 0 aromatic rings. The largest absolute Gasteiger partial charge is 0.372 e. The summed E-state index contributed by atoms with van der Waals surface area (Å²) in [7, 11) is 0. The molecule has 0 aliphatic heterocycles. The molecule has 1 rings (SSSR count). The Hall–Kier alpha value is -0.0400. The molecule has 1 aliphatic carbocycles. The number of ether oxygens (including phenoxy) is 1. The highest BCUT2D eigenvalue weighted by Gasteiger charge is 2.12. The van der Waals surface area contributed by atoms with E-state index in [1.165, 1.54) is 63.9 Å². The SMILES string of the molecule is CCCCCO[C]1CCCCCC1. The van der Waals surface area contributed by atoms with Crippen molar-refractivity contribution in [2.24, 2.45) is 0 Å². The summed E-state index contributed by atoms with van der Waals surface area (Å²) >= 11 is 0. The topological polar surface area (TPSA) is 9.23 Å². The van der Waals surface area contributed by atoms with Crippen LogP contribution < -0.4 is 0 Å². The van der Waals surface area contributed by atoms with Gasteiger partial charge < -0.3 is 4.74 Å². The second kappa shape index (κ2) is 7.37. The number of hydrogen-bond acceptors (Lipinski definition) is 1. The smallest absolute Gasteiger partial charge is 0.0970 e. The standard InChI is InChI=1S/C12H23O/c1-2-3-8-11-13-12-9-6-4-5-7-10-12/h2-11H2,1H3. The maximum Gasteiger partial charge on any atom is 0.0970 e. The van der Waals surface area contributed by atoms with E-state index in [1.54, 1.807) is 0 Å². The summed E-state index contributed by atoms with van der Waals surface area (Å²) < 4.78 is 5.78. The summed E-state index contributed by atoms with van der Waals surface area (Å²) in [5, 5.41) is 0. The minimum absolute atomic E-state index is 0.961. The first kappa shape index (κ1) is 11.0. The van der Waals surface area contributed by atoms with Crippen LogP contribution >= 0.6 is 0 Å². The quantitative estimate of drug-likeness (QED) is 0.461. The average Bonchev–Trinajstić information content (AvgIpc) is 2.41. The van der Waals surface area contributed by atoms with E-state index in [0.717, 1.165) is 6.61 Å². The van der Waals surface area contributed by atoms with Gasteiger partial charge in [0.25, 0.3) is 0 Å². The van der Waals surface area contributed by atoms with Crippen molar-refractivity contribution < 1.29 is 4.74 Å². The maximum absolute atomic E-state index is 5.78. The van der Waals surface area contributed by atoms with Crippen LogP contribution in [0.2, 0.25) is 0 Å². The van der Waals surface area contributed by atoms with Gasteiger partial charge in [0, 0.05) is 6.61 Å². The van der Waals surface area contributed by atoms with Gasteiger partial charge in [-0.15, -0.1) is 0 Å². The zero-order valence-electron chi connectivity index (χ0n) is 8.98. The van der Waals surface area contributed by atoms with Crippen LogP contribution in [0, 0.1) is 6.10 Å². The van der Waals surface area contributed by atoms with Crippen molar-refractivity contribution in [3.05, 3.63) is 6.10 Å². The van der Waals surface area contributed by atoms with Crippen molar-refractivity contribution in [1.82, 2.24) is 0 Å². The number of unbranched alkanes of at least 4 members (excludes halogenated alkanes) is 2. The second-order valence-corrected chi connectivity index (χ2v) is 4.01. The van der Waals surface area contributed by atoms with E-state index in [9.17, 15) is 0 Å². The zero-order chi connectivity index (χ0) is 9.36. The minimum Gasteiger partial charge on any atom is -0.372 e. The summed E-state index contributed by atoms with van der Waals surface area (Å²) in [6.07, 6.45) is 13.2. The third-order valence-electron chi connectivity index (χ3n) is 2.72. The van der Waals surface area contributed by atoms with Gasteiger partial charge in [-0.3, -0.25) is 0 Å². The molecule has 1 fully saturated rings. The Morgan fingerprint density at radius 3 is 2.31 bits per heavy atom. The molecule has 0 spiro atoms. The van der Waals surface area contributed by atoms with Crippen molar-refractivity contribution in [3.63, 3.8) is 0 Å². The molecule has 13 heavy (non-hydrogen) atoms. The summed E-state index contributed by atoms with van der Waals surface area (Å²) in [4.78, 5) is 0. The van der Waals surface area contributed by atoms with Gasteiger partial charge in [-0.25, -0.2) is 0 Å². The van der Waals surface area contributed by atoms with Crippen molar-refractivity contribution >= 4 is 0 Å². The molecular weight excluding hydrogens is 160 g/mol. The van der Waals surface area contributed by atoms with Gasteiger partial charge in [0.1, 0.15) is 0 Å². The summed E-state index contributed by atoms with van der Waals surface area (Å²) in [6.45, 7) is 3.20. The Bertz CT molecular complexity index is 104. The van der Waals surface area contributed by atoms with Crippen LogP contribution in [0.5, 0.6) is 0 Å². The van der Waals surface area contributed by atoms with Crippen LogP contribution in [0.15, 0.2) is 0 Å². The maximum atomic E-state index is 5.78. The molecule has 0 atom stereocenters. The highest BCUT2D eigenvalue weighted by atomic mass is 16.5. The minimum atomic E-state index is 0.961. The predicted octanol–water partition coefficient (Wildman–Crippen LogP) is 4.08. The summed E-state index contributed by atoms with van der Waals surface area (Å²) in [5.74, 6) is 0. The normalized spacial score (nSPS) is 20.1. The molecule has 0 bridgehead atoms. The summed E-state index contributed by atoms with van der Waals surface area (Å²) in [5.41, 5.74) is 0. The molecular formula is C12H23O. The molecule has 0 unspecified atom stereocenters. The highest BCUT2D eigenvalue weighted by molar-refractivity contribution is 4.80. The fraction of sp³-hybridized carbons (Fsp3) is 0.917. The molecule has 1 saturated carbocycles. The van der Waals surface area contributed by atoms with Gasteiger partial charge in [0.05, 0.1) is 6.10 Å². The molecule has 77 valence electrons. The molecule has 1 heteroatoms. The van der Waals surface area contributed by atoms with Crippen molar-refractivity contribution in [2.45, 2.75) is 64.7 Å². The molecule has 1 nitrogen and oxygen atoms in total. The third-order valence-corrected chi connectivity index (χ3v) is 2.72. The van der Waals surface area contributed by atoms with Crippen molar-refractivity contribution in [3.8, 4) is 0 Å². The zero-order valence-corrected chi connectivity index (χ0v) is 8.98.